The van der Waals surface area contributed by atoms with E-state index in [0.29, 0.717) is 17.6 Å². The van der Waals surface area contributed by atoms with Gasteiger partial charge in [-0.05, 0) is 82.6 Å². The van der Waals surface area contributed by atoms with E-state index < -0.39 is 24.3 Å². The van der Waals surface area contributed by atoms with Gasteiger partial charge in [-0.1, -0.05) is 24.3 Å². The highest BCUT2D eigenvalue weighted by Crippen LogP contribution is 2.42. The molecule has 0 bridgehead atoms. The maximum absolute atomic E-state index is 13.1. The first kappa shape index (κ1) is 24.3. The fraction of sp³-hybridized carbons (Fsp3) is 0.222. The number of hydrogen-bond acceptors (Lipinski definition) is 5. The van der Waals surface area contributed by atoms with E-state index in [1.807, 2.05) is 28.8 Å². The molecule has 4 aromatic rings. The van der Waals surface area contributed by atoms with Crippen LogP contribution in [-0.2, 0) is 29.0 Å². The number of carbonyl (C=O) groups is 3. The van der Waals surface area contributed by atoms with Gasteiger partial charge in [-0.2, -0.15) is 0 Å². The van der Waals surface area contributed by atoms with E-state index in [4.69, 9.17) is 10.5 Å². The lowest BCUT2D eigenvalue weighted by molar-refractivity contribution is -0.139. The molecule has 5 rings (SSSR count). The molecule has 9 heteroatoms. The molecule has 0 saturated carbocycles. The van der Waals surface area contributed by atoms with Gasteiger partial charge in [0.2, 0.25) is 0 Å². The van der Waals surface area contributed by atoms with E-state index in [0.717, 1.165) is 55.7 Å². The smallest absolute Gasteiger partial charge is 0.341 e. The molecule has 2 aromatic carbocycles. The first-order valence-electron chi connectivity index (χ1n) is 11.5. The molecule has 36 heavy (non-hydrogen) atoms. The molecule has 0 radical (unpaired) electrons. The summed E-state index contributed by atoms with van der Waals surface area (Å²) in [7, 11) is 0. The van der Waals surface area contributed by atoms with Gasteiger partial charge < -0.3 is 20.1 Å². The molecular weight excluding hydrogens is 544 g/mol. The molecule has 0 fully saturated rings. The van der Waals surface area contributed by atoms with Crippen LogP contribution in [0.1, 0.15) is 39.2 Å². The predicted octanol–water partition coefficient (Wildman–Crippen LogP) is 5.11. The summed E-state index contributed by atoms with van der Waals surface area (Å²) in [4.78, 5) is 37.5. The zero-order valence-corrected chi connectivity index (χ0v) is 21.9. The molecule has 7 nitrogen and oxygen atoms in total. The second-order valence-corrected chi connectivity index (χ2v) is 11.2. The van der Waals surface area contributed by atoms with Gasteiger partial charge in [-0.3, -0.25) is 9.59 Å². The van der Waals surface area contributed by atoms with Gasteiger partial charge in [0.05, 0.1) is 20.3 Å². The first-order valence-corrected chi connectivity index (χ1v) is 13.1. The quantitative estimate of drug-likeness (QED) is 0.227. The predicted molar refractivity (Wildman–Crippen MR) is 142 cm³/mol. The third kappa shape index (κ3) is 4.22. The maximum Gasteiger partial charge on any atom is 0.341 e. The number of thiophene rings is 1. The van der Waals surface area contributed by atoms with Crippen molar-refractivity contribution in [2.45, 2.75) is 32.7 Å². The van der Waals surface area contributed by atoms with E-state index in [2.05, 4.69) is 34.1 Å². The summed E-state index contributed by atoms with van der Waals surface area (Å²) in [5.41, 5.74) is 11.3. The number of hydrogen-bond donors (Lipinski definition) is 2. The number of fused-ring (bicyclic) bond motifs is 3. The van der Waals surface area contributed by atoms with Crippen molar-refractivity contribution in [2.75, 3.05) is 6.61 Å². The molecule has 2 heterocycles. The molecule has 1 aliphatic rings. The Bertz CT molecular complexity index is 1550. The van der Waals surface area contributed by atoms with Crippen LogP contribution < -0.4 is 10.5 Å². The van der Waals surface area contributed by atoms with Crippen LogP contribution in [0.2, 0.25) is 0 Å². The fourth-order valence-electron chi connectivity index (χ4n) is 5.10. The van der Waals surface area contributed by atoms with Crippen molar-refractivity contribution in [1.29, 1.82) is 0 Å². The van der Waals surface area contributed by atoms with Crippen LogP contribution in [0.5, 0.6) is 5.75 Å². The van der Waals surface area contributed by atoms with Crippen molar-refractivity contribution in [3.05, 3.63) is 74.2 Å². The van der Waals surface area contributed by atoms with Crippen LogP contribution >= 0.6 is 27.3 Å². The average Bonchev–Trinajstić information content (AvgIpc) is 3.55. The largest absolute Gasteiger partial charge is 0.481 e. The second kappa shape index (κ2) is 9.55. The molecule has 3 N–H and O–H groups in total. The third-order valence-corrected chi connectivity index (χ3v) is 8.26. The topological polar surface area (TPSA) is 112 Å². The van der Waals surface area contributed by atoms with Crippen molar-refractivity contribution < 1.29 is 24.2 Å². The number of rotatable bonds is 8. The fourth-order valence-corrected chi connectivity index (χ4v) is 6.54. The summed E-state index contributed by atoms with van der Waals surface area (Å²) >= 11 is 5.18. The Balaban J connectivity index is 1.77. The average molecular weight is 567 g/mol. The van der Waals surface area contributed by atoms with Gasteiger partial charge in [-0.25, -0.2) is 4.79 Å². The van der Waals surface area contributed by atoms with Crippen LogP contribution in [0.25, 0.3) is 21.3 Å². The molecule has 1 aliphatic carbocycles. The van der Waals surface area contributed by atoms with Gasteiger partial charge >= 0.3 is 5.97 Å². The minimum Gasteiger partial charge on any atom is -0.481 e. The highest BCUT2D eigenvalue weighted by atomic mass is 79.9. The molecule has 0 atom stereocenters. The molecule has 184 valence electrons. The Morgan fingerprint density at radius 3 is 2.64 bits per heavy atom. The second-order valence-electron chi connectivity index (χ2n) is 8.77. The summed E-state index contributed by atoms with van der Waals surface area (Å²) in [6, 6.07) is 14.0. The summed E-state index contributed by atoms with van der Waals surface area (Å²) < 4.78 is 8.75. The Labute approximate surface area is 219 Å². The number of ether oxygens (including phenoxy) is 1. The molecule has 0 spiro atoms. The number of carboxylic acid groups (broad SMARTS) is 1. The number of aliphatic carboxylic acids is 1. The normalized spacial score (nSPS) is 12.6. The monoisotopic (exact) mass is 566 g/mol. The molecule has 0 saturated heterocycles. The van der Waals surface area contributed by atoms with Crippen LogP contribution in [0.4, 0.5) is 0 Å². The van der Waals surface area contributed by atoms with E-state index in [-0.39, 0.29) is 11.3 Å². The Morgan fingerprint density at radius 2 is 1.94 bits per heavy atom. The number of carboxylic acids is 1. The Kier molecular flexibility index (Phi) is 6.44. The summed E-state index contributed by atoms with van der Waals surface area (Å²) in [6.45, 7) is 1.69. The number of primary amides is 1. The van der Waals surface area contributed by atoms with Crippen molar-refractivity contribution >= 4 is 55.8 Å². The lowest BCUT2D eigenvalue weighted by Gasteiger charge is -2.15. The molecular formula is C27H23BrN2O5S. The van der Waals surface area contributed by atoms with Crippen LogP contribution in [0, 0.1) is 6.92 Å². The maximum atomic E-state index is 13.1. The lowest BCUT2D eigenvalue weighted by atomic mass is 10.0. The van der Waals surface area contributed by atoms with Gasteiger partial charge in [0.25, 0.3) is 11.7 Å². The van der Waals surface area contributed by atoms with E-state index in [1.165, 1.54) is 0 Å². The highest BCUT2D eigenvalue weighted by Gasteiger charge is 2.30. The molecule has 0 unspecified atom stereocenters. The van der Waals surface area contributed by atoms with Crippen molar-refractivity contribution in [3.63, 3.8) is 0 Å². The molecule has 1 amide bonds. The zero-order chi connectivity index (χ0) is 25.6. The van der Waals surface area contributed by atoms with E-state index in [9.17, 15) is 19.5 Å². The van der Waals surface area contributed by atoms with Gasteiger partial charge in [0, 0.05) is 17.1 Å². The van der Waals surface area contributed by atoms with E-state index >= 15 is 0 Å². The molecule has 0 aliphatic heterocycles. The number of carbonyl (C=O) groups excluding carboxylic acids is 2. The van der Waals surface area contributed by atoms with Gasteiger partial charge in [-0.15, -0.1) is 11.3 Å². The van der Waals surface area contributed by atoms with Crippen molar-refractivity contribution in [1.82, 2.24) is 4.57 Å². The van der Waals surface area contributed by atoms with Gasteiger partial charge in [0.15, 0.2) is 6.61 Å². The summed E-state index contributed by atoms with van der Waals surface area (Å²) in [6.07, 6.45) is 2.59. The Hall–Kier alpha value is -3.43. The number of aromatic nitrogens is 1. The minimum atomic E-state index is -1.13. The third-order valence-electron chi connectivity index (χ3n) is 6.61. The Morgan fingerprint density at radius 1 is 1.17 bits per heavy atom. The standard InChI is InChI=1S/C27H23BrN2O5S/c1-14-23(26(33)27(29)34)24-19(35-13-22(31)32)11-15-6-4-8-18(15)25(24)30(14)12-16-5-2-3-7-17(16)20-9-10-21(28)36-20/h2-3,5,7,9-11H,4,6,8,12-13H2,1H3,(H2,29,34)(H,31,32). The van der Waals surface area contributed by atoms with Crippen molar-refractivity contribution in [2.24, 2.45) is 5.73 Å². The van der Waals surface area contributed by atoms with Gasteiger partial charge in [0.1, 0.15) is 5.75 Å². The van der Waals surface area contributed by atoms with Crippen molar-refractivity contribution in [3.8, 4) is 16.2 Å². The highest BCUT2D eigenvalue weighted by molar-refractivity contribution is 9.11. The number of aryl methyl sites for hydroxylation is 2. The van der Waals surface area contributed by atoms with Crippen LogP contribution in [0.15, 0.2) is 46.3 Å². The zero-order valence-electron chi connectivity index (χ0n) is 19.5. The van der Waals surface area contributed by atoms with E-state index in [1.54, 1.807) is 18.3 Å². The summed E-state index contributed by atoms with van der Waals surface area (Å²) in [5.74, 6) is -2.72. The summed E-state index contributed by atoms with van der Waals surface area (Å²) in [5, 5.41) is 9.68. The number of Topliss-reactive ketones (excluding diaryl/α,β-unsaturated/α-hetero) is 1. The number of nitrogens with two attached hydrogens (primary N) is 1. The van der Waals surface area contributed by atoms with Crippen LogP contribution in [0.3, 0.4) is 0 Å². The minimum absolute atomic E-state index is 0.170. The number of halogens is 1. The SMILES string of the molecule is Cc1c(C(=O)C(N)=O)c2c(OCC(=O)O)cc3c(c2n1Cc1ccccc1-c1ccc(Br)s1)CCC3. The molecule has 2 aromatic heterocycles. The van der Waals surface area contributed by atoms with Crippen LogP contribution in [-0.4, -0.2) is 33.9 Å². The number of amides is 1. The lowest BCUT2D eigenvalue weighted by Crippen LogP contribution is -2.24. The first-order chi connectivity index (χ1) is 17.3. The number of nitrogens with zero attached hydrogens (tertiary/aromatic N) is 1. The number of ketones is 1. The number of benzene rings is 2.